The number of H-pyrrole nitrogens is 1. The number of nitrogen functional groups attached to an aromatic ring is 1. The number of rotatable bonds is 4. The number of aromatic nitrogens is 2. The largest absolute Gasteiger partial charge is 0.391 e. The van der Waals surface area contributed by atoms with Gasteiger partial charge in [0.2, 0.25) is 5.91 Å². The molecule has 0 aromatic carbocycles. The quantitative estimate of drug-likeness (QED) is 0.605. The number of hydrogen-bond acceptors (Lipinski definition) is 5. The van der Waals surface area contributed by atoms with Crippen LogP contribution in [0.3, 0.4) is 0 Å². The molecule has 7 heteroatoms. The van der Waals surface area contributed by atoms with Gasteiger partial charge in [0.1, 0.15) is 5.69 Å². The molecule has 1 heterocycles. The van der Waals surface area contributed by atoms with Crippen LogP contribution >= 0.6 is 0 Å². The van der Waals surface area contributed by atoms with E-state index < -0.39 is 0 Å². The molecule has 1 amide bonds. The lowest BCUT2D eigenvalue weighted by Gasteiger charge is -2.18. The van der Waals surface area contributed by atoms with Crippen molar-refractivity contribution in [1.82, 2.24) is 15.3 Å². The number of aromatic amines is 1. The standard InChI is InChI=1S/C9H15N5O2/c1-11-6(15)3-4-14(2)8-7(10)9(16)13-5-12-8/h5H,3-4,10H2,1-2H3,(H,11,15)(H,12,13,16). The summed E-state index contributed by atoms with van der Waals surface area (Å²) in [5, 5.41) is 2.51. The Labute approximate surface area is 92.7 Å². The predicted molar refractivity (Wildman–Crippen MR) is 61.2 cm³/mol. The Morgan fingerprint density at radius 2 is 2.38 bits per heavy atom. The number of amides is 1. The minimum atomic E-state index is -0.378. The molecule has 0 atom stereocenters. The van der Waals surface area contributed by atoms with Crippen molar-refractivity contribution in [2.24, 2.45) is 0 Å². The predicted octanol–water partition coefficient (Wildman–Crippen LogP) is -1.08. The highest BCUT2D eigenvalue weighted by Crippen LogP contribution is 2.12. The highest BCUT2D eigenvalue weighted by Gasteiger charge is 2.10. The maximum absolute atomic E-state index is 11.2. The smallest absolute Gasteiger partial charge is 0.276 e. The highest BCUT2D eigenvalue weighted by atomic mass is 16.1. The van der Waals surface area contributed by atoms with Gasteiger partial charge in [-0.3, -0.25) is 9.59 Å². The van der Waals surface area contributed by atoms with Crippen LogP contribution in [0.5, 0.6) is 0 Å². The first-order chi connectivity index (χ1) is 7.56. The summed E-state index contributed by atoms with van der Waals surface area (Å²) in [6.07, 6.45) is 1.60. The molecule has 0 saturated heterocycles. The van der Waals surface area contributed by atoms with E-state index in [1.54, 1.807) is 19.0 Å². The maximum atomic E-state index is 11.2. The fourth-order valence-electron chi connectivity index (χ4n) is 1.21. The van der Waals surface area contributed by atoms with E-state index in [0.717, 1.165) is 0 Å². The Morgan fingerprint density at radius 3 is 3.00 bits per heavy atom. The molecule has 0 aliphatic carbocycles. The summed E-state index contributed by atoms with van der Waals surface area (Å²) in [6.45, 7) is 0.445. The van der Waals surface area contributed by atoms with Crippen molar-refractivity contribution >= 4 is 17.4 Å². The Bertz CT molecular complexity index is 428. The molecule has 0 unspecified atom stereocenters. The molecule has 7 nitrogen and oxygen atoms in total. The zero-order chi connectivity index (χ0) is 12.1. The molecule has 0 fully saturated rings. The lowest BCUT2D eigenvalue weighted by Crippen LogP contribution is -2.29. The number of carbonyl (C=O) groups is 1. The topological polar surface area (TPSA) is 104 Å². The van der Waals surface area contributed by atoms with Crippen molar-refractivity contribution < 1.29 is 4.79 Å². The van der Waals surface area contributed by atoms with Crippen molar-refractivity contribution in [2.45, 2.75) is 6.42 Å². The molecule has 1 aromatic heterocycles. The van der Waals surface area contributed by atoms with Crippen LogP contribution < -0.4 is 21.5 Å². The van der Waals surface area contributed by atoms with Crippen molar-refractivity contribution in [1.29, 1.82) is 0 Å². The van der Waals surface area contributed by atoms with Gasteiger partial charge in [0.05, 0.1) is 6.33 Å². The molecule has 0 saturated carbocycles. The summed E-state index contributed by atoms with van der Waals surface area (Å²) >= 11 is 0. The third-order valence-corrected chi connectivity index (χ3v) is 2.18. The van der Waals surface area contributed by atoms with Crippen LogP contribution in [0.2, 0.25) is 0 Å². The average Bonchev–Trinajstić information content (AvgIpc) is 2.29. The third-order valence-electron chi connectivity index (χ3n) is 2.18. The molecular formula is C9H15N5O2. The van der Waals surface area contributed by atoms with Gasteiger partial charge in [-0.2, -0.15) is 0 Å². The first kappa shape index (κ1) is 12.0. The lowest BCUT2D eigenvalue weighted by molar-refractivity contribution is -0.120. The lowest BCUT2D eigenvalue weighted by atomic mass is 10.3. The number of nitrogens with one attached hydrogen (secondary N) is 2. The SMILES string of the molecule is CNC(=O)CCN(C)c1nc[nH]c(=O)c1N. The van der Waals surface area contributed by atoms with E-state index in [0.29, 0.717) is 18.8 Å². The minimum absolute atomic E-state index is 0.0573. The first-order valence-corrected chi connectivity index (χ1v) is 4.81. The molecule has 0 radical (unpaired) electrons. The third kappa shape index (κ3) is 2.72. The van der Waals surface area contributed by atoms with Gasteiger partial charge in [-0.25, -0.2) is 4.98 Å². The van der Waals surface area contributed by atoms with Gasteiger partial charge in [0, 0.05) is 27.1 Å². The van der Waals surface area contributed by atoms with E-state index in [4.69, 9.17) is 5.73 Å². The van der Waals surface area contributed by atoms with Crippen molar-refractivity contribution in [3.8, 4) is 0 Å². The zero-order valence-corrected chi connectivity index (χ0v) is 9.28. The summed E-state index contributed by atoms with van der Waals surface area (Å²) < 4.78 is 0. The maximum Gasteiger partial charge on any atom is 0.276 e. The summed E-state index contributed by atoms with van der Waals surface area (Å²) in [7, 11) is 3.29. The van der Waals surface area contributed by atoms with E-state index in [2.05, 4.69) is 15.3 Å². The summed E-state index contributed by atoms with van der Waals surface area (Å²) in [5.74, 6) is 0.308. The van der Waals surface area contributed by atoms with E-state index in [9.17, 15) is 9.59 Å². The van der Waals surface area contributed by atoms with E-state index in [-0.39, 0.29) is 17.2 Å². The number of anilines is 2. The van der Waals surface area contributed by atoms with Gasteiger partial charge < -0.3 is 20.9 Å². The Hall–Kier alpha value is -2.05. The van der Waals surface area contributed by atoms with Gasteiger partial charge in [-0.1, -0.05) is 0 Å². The Kier molecular flexibility index (Phi) is 3.87. The van der Waals surface area contributed by atoms with Crippen LogP contribution in [0, 0.1) is 0 Å². The summed E-state index contributed by atoms with van der Waals surface area (Å²) in [6, 6.07) is 0. The van der Waals surface area contributed by atoms with Gasteiger partial charge in [0.25, 0.3) is 5.56 Å². The van der Waals surface area contributed by atoms with E-state index in [1.165, 1.54) is 6.33 Å². The molecule has 16 heavy (non-hydrogen) atoms. The van der Waals surface area contributed by atoms with Crippen molar-refractivity contribution in [2.75, 3.05) is 31.3 Å². The fourth-order valence-corrected chi connectivity index (χ4v) is 1.21. The second-order valence-electron chi connectivity index (χ2n) is 3.31. The minimum Gasteiger partial charge on any atom is -0.391 e. The van der Waals surface area contributed by atoms with Gasteiger partial charge in [0.15, 0.2) is 5.82 Å². The Balaban J connectivity index is 2.73. The van der Waals surface area contributed by atoms with Gasteiger partial charge in [-0.15, -0.1) is 0 Å². The van der Waals surface area contributed by atoms with Crippen LogP contribution in [-0.4, -0.2) is 36.5 Å². The van der Waals surface area contributed by atoms with Gasteiger partial charge in [-0.05, 0) is 0 Å². The second kappa shape index (κ2) is 5.15. The van der Waals surface area contributed by atoms with Crippen LogP contribution in [0.1, 0.15) is 6.42 Å². The van der Waals surface area contributed by atoms with Gasteiger partial charge >= 0.3 is 0 Å². The van der Waals surface area contributed by atoms with E-state index in [1.807, 2.05) is 0 Å². The van der Waals surface area contributed by atoms with E-state index >= 15 is 0 Å². The summed E-state index contributed by atoms with van der Waals surface area (Å²) in [5.41, 5.74) is 5.25. The molecule has 88 valence electrons. The fraction of sp³-hybridized carbons (Fsp3) is 0.444. The summed E-state index contributed by atoms with van der Waals surface area (Å²) in [4.78, 5) is 30.3. The molecule has 4 N–H and O–H groups in total. The molecule has 0 aliphatic rings. The molecule has 0 spiro atoms. The van der Waals surface area contributed by atoms with Crippen LogP contribution in [-0.2, 0) is 4.79 Å². The normalized spacial score (nSPS) is 9.88. The van der Waals surface area contributed by atoms with Crippen LogP contribution in [0.25, 0.3) is 0 Å². The molecular weight excluding hydrogens is 210 g/mol. The average molecular weight is 225 g/mol. The molecule has 1 aromatic rings. The number of hydrogen-bond donors (Lipinski definition) is 3. The zero-order valence-electron chi connectivity index (χ0n) is 9.28. The molecule has 1 rings (SSSR count). The highest BCUT2D eigenvalue weighted by molar-refractivity contribution is 5.76. The first-order valence-electron chi connectivity index (χ1n) is 4.81. The number of nitrogens with zero attached hydrogens (tertiary/aromatic N) is 2. The van der Waals surface area contributed by atoms with Crippen molar-refractivity contribution in [3.63, 3.8) is 0 Å². The Morgan fingerprint density at radius 1 is 1.69 bits per heavy atom. The monoisotopic (exact) mass is 225 g/mol. The van der Waals surface area contributed by atoms with Crippen LogP contribution in [0.15, 0.2) is 11.1 Å². The second-order valence-corrected chi connectivity index (χ2v) is 3.31. The molecule has 0 aliphatic heterocycles. The number of carbonyl (C=O) groups excluding carboxylic acids is 1. The number of nitrogens with two attached hydrogens (primary N) is 1. The van der Waals surface area contributed by atoms with Crippen LogP contribution in [0.4, 0.5) is 11.5 Å². The van der Waals surface area contributed by atoms with Crippen molar-refractivity contribution in [3.05, 3.63) is 16.7 Å². The molecule has 0 bridgehead atoms.